The number of rotatable bonds is 11. The standard InChI is InChI=1S/C60H46Si2/c1-8-24-47(25-9-1)50-42-51(48-26-22-40-59(45-48)61(53-28-10-2-11-29-53,54-30-12-3-13-31-54)55-32-14-4-15-33-55)44-52(43-50)49-27-23-41-60(46-49)62(56-34-16-5-17-35-56,57-36-18-6-19-37-57)58-38-20-7-21-39-58/h1-46H. The van der Waals surface area contributed by atoms with E-state index in [4.69, 9.17) is 0 Å². The summed E-state index contributed by atoms with van der Waals surface area (Å²) < 4.78 is 0. The minimum Gasteiger partial charge on any atom is -0.0623 e. The molecule has 0 aliphatic rings. The Hall–Kier alpha value is -7.37. The molecule has 0 fully saturated rings. The van der Waals surface area contributed by atoms with Crippen LogP contribution in [0.4, 0.5) is 0 Å². The van der Waals surface area contributed by atoms with Crippen LogP contribution in [0, 0.1) is 0 Å². The van der Waals surface area contributed by atoms with E-state index in [2.05, 4.69) is 279 Å². The molecule has 0 aromatic heterocycles. The molecule has 10 rings (SSSR count). The Morgan fingerprint density at radius 2 is 0.355 bits per heavy atom. The Bertz CT molecular complexity index is 2640. The lowest BCUT2D eigenvalue weighted by Gasteiger charge is -2.35. The zero-order valence-corrected chi connectivity index (χ0v) is 36.6. The van der Waals surface area contributed by atoms with Gasteiger partial charge in [-0.1, -0.05) is 261 Å². The van der Waals surface area contributed by atoms with Crippen LogP contribution in [-0.4, -0.2) is 16.1 Å². The quantitative estimate of drug-likeness (QED) is 0.0902. The second-order valence-corrected chi connectivity index (χ2v) is 23.6. The summed E-state index contributed by atoms with van der Waals surface area (Å²) in [6.45, 7) is 0. The van der Waals surface area contributed by atoms with Gasteiger partial charge in [0.1, 0.15) is 0 Å². The Kier molecular flexibility index (Phi) is 10.8. The first-order valence-electron chi connectivity index (χ1n) is 21.5. The van der Waals surface area contributed by atoms with Gasteiger partial charge in [-0.05, 0) is 93.1 Å². The Balaban J connectivity index is 1.20. The monoisotopic (exact) mass is 822 g/mol. The van der Waals surface area contributed by atoms with Crippen LogP contribution in [0.5, 0.6) is 0 Å². The molecule has 0 unspecified atom stereocenters. The van der Waals surface area contributed by atoms with Crippen molar-refractivity contribution < 1.29 is 0 Å². The molecular formula is C60H46Si2. The van der Waals surface area contributed by atoms with E-state index in [1.807, 2.05) is 0 Å². The number of hydrogen-bond donors (Lipinski definition) is 0. The molecule has 0 aliphatic heterocycles. The van der Waals surface area contributed by atoms with Crippen molar-refractivity contribution in [3.05, 3.63) is 279 Å². The Labute approximate surface area is 368 Å². The number of benzene rings is 10. The van der Waals surface area contributed by atoms with E-state index < -0.39 is 16.1 Å². The molecule has 10 aromatic rings. The summed E-state index contributed by atoms with van der Waals surface area (Å²) in [4.78, 5) is 0. The van der Waals surface area contributed by atoms with Crippen molar-refractivity contribution in [1.29, 1.82) is 0 Å². The molecule has 0 heterocycles. The van der Waals surface area contributed by atoms with Gasteiger partial charge < -0.3 is 0 Å². The number of hydrogen-bond acceptors (Lipinski definition) is 0. The average Bonchev–Trinajstić information content (AvgIpc) is 3.37. The highest BCUT2D eigenvalue weighted by atomic mass is 28.3. The molecule has 0 radical (unpaired) electrons. The first kappa shape index (κ1) is 38.8. The Morgan fingerprint density at radius 3 is 0.629 bits per heavy atom. The maximum absolute atomic E-state index is 2.74. The molecule has 0 saturated heterocycles. The van der Waals surface area contributed by atoms with Gasteiger partial charge in [-0.3, -0.25) is 0 Å². The third-order valence-corrected chi connectivity index (χ3v) is 22.1. The third kappa shape index (κ3) is 7.10. The maximum Gasteiger partial charge on any atom is 0.179 e. The Morgan fingerprint density at radius 1 is 0.145 bits per heavy atom. The summed E-state index contributed by atoms with van der Waals surface area (Å²) >= 11 is 0. The summed E-state index contributed by atoms with van der Waals surface area (Å²) in [6, 6.07) is 104. The average molecular weight is 823 g/mol. The van der Waals surface area contributed by atoms with Gasteiger partial charge in [0.05, 0.1) is 0 Å². The highest BCUT2D eigenvalue weighted by Gasteiger charge is 2.42. The summed E-state index contributed by atoms with van der Waals surface area (Å²) in [6.07, 6.45) is 0. The fraction of sp³-hybridized carbons (Fsp3) is 0. The van der Waals surface area contributed by atoms with Crippen LogP contribution in [0.2, 0.25) is 0 Å². The van der Waals surface area contributed by atoms with Gasteiger partial charge in [0.2, 0.25) is 0 Å². The molecule has 62 heavy (non-hydrogen) atoms. The molecule has 0 aliphatic carbocycles. The van der Waals surface area contributed by atoms with E-state index in [1.165, 1.54) is 74.9 Å². The zero-order valence-electron chi connectivity index (χ0n) is 34.6. The normalized spacial score (nSPS) is 11.5. The lowest BCUT2D eigenvalue weighted by molar-refractivity contribution is 1.57. The fourth-order valence-corrected chi connectivity index (χ4v) is 19.3. The second kappa shape index (κ2) is 17.3. The van der Waals surface area contributed by atoms with Crippen LogP contribution in [0.1, 0.15) is 0 Å². The fourth-order valence-electron chi connectivity index (χ4n) is 9.75. The van der Waals surface area contributed by atoms with Crippen LogP contribution in [0.25, 0.3) is 33.4 Å². The summed E-state index contributed by atoms with van der Waals surface area (Å²) in [5, 5.41) is 10.9. The largest absolute Gasteiger partial charge is 0.179 e. The molecule has 0 saturated carbocycles. The van der Waals surface area contributed by atoms with Gasteiger partial charge in [-0.15, -0.1) is 0 Å². The van der Waals surface area contributed by atoms with E-state index in [0.29, 0.717) is 0 Å². The van der Waals surface area contributed by atoms with Crippen molar-refractivity contribution in [3.63, 3.8) is 0 Å². The predicted molar refractivity (Wildman–Crippen MR) is 270 cm³/mol. The summed E-state index contributed by atoms with van der Waals surface area (Å²) in [7, 11) is -5.48. The minimum absolute atomic E-state index is 1.20. The van der Waals surface area contributed by atoms with Crippen molar-refractivity contribution in [2.24, 2.45) is 0 Å². The van der Waals surface area contributed by atoms with Gasteiger partial charge in [0.15, 0.2) is 16.1 Å². The van der Waals surface area contributed by atoms with Gasteiger partial charge in [0, 0.05) is 0 Å². The molecule has 10 aromatic carbocycles. The first-order valence-corrected chi connectivity index (χ1v) is 25.5. The van der Waals surface area contributed by atoms with Crippen LogP contribution in [0.15, 0.2) is 279 Å². The smallest absolute Gasteiger partial charge is 0.0623 e. The molecule has 294 valence electrons. The molecular weight excluding hydrogens is 777 g/mol. The van der Waals surface area contributed by atoms with Crippen molar-refractivity contribution in [3.8, 4) is 33.4 Å². The molecule has 0 bridgehead atoms. The molecule has 0 N–H and O–H groups in total. The van der Waals surface area contributed by atoms with Crippen molar-refractivity contribution in [2.75, 3.05) is 0 Å². The maximum atomic E-state index is 2.49. The van der Waals surface area contributed by atoms with Crippen molar-refractivity contribution in [1.82, 2.24) is 0 Å². The lowest BCUT2D eigenvalue weighted by Crippen LogP contribution is -2.74. The van der Waals surface area contributed by atoms with E-state index in [9.17, 15) is 0 Å². The molecule has 0 amide bonds. The van der Waals surface area contributed by atoms with Crippen LogP contribution >= 0.6 is 0 Å². The van der Waals surface area contributed by atoms with Gasteiger partial charge in [0.25, 0.3) is 0 Å². The summed E-state index contributed by atoms with van der Waals surface area (Å²) in [5.41, 5.74) is 7.21. The van der Waals surface area contributed by atoms with Crippen LogP contribution in [-0.2, 0) is 0 Å². The highest BCUT2D eigenvalue weighted by Crippen LogP contribution is 2.33. The van der Waals surface area contributed by atoms with E-state index in [-0.39, 0.29) is 0 Å². The summed E-state index contributed by atoms with van der Waals surface area (Å²) in [5.74, 6) is 0. The van der Waals surface area contributed by atoms with E-state index in [0.717, 1.165) is 0 Å². The highest BCUT2D eigenvalue weighted by molar-refractivity contribution is 7.20. The van der Waals surface area contributed by atoms with Gasteiger partial charge in [-0.25, -0.2) is 0 Å². The molecule has 0 atom stereocenters. The predicted octanol–water partition coefficient (Wildman–Crippen LogP) is 9.44. The van der Waals surface area contributed by atoms with Crippen LogP contribution in [0.3, 0.4) is 0 Å². The second-order valence-electron chi connectivity index (χ2n) is 16.0. The van der Waals surface area contributed by atoms with Gasteiger partial charge >= 0.3 is 0 Å². The van der Waals surface area contributed by atoms with Crippen molar-refractivity contribution in [2.45, 2.75) is 0 Å². The lowest BCUT2D eigenvalue weighted by atomic mass is 9.93. The molecule has 2 heteroatoms. The zero-order chi connectivity index (χ0) is 41.6. The van der Waals surface area contributed by atoms with E-state index in [1.54, 1.807) is 0 Å². The van der Waals surface area contributed by atoms with Gasteiger partial charge in [-0.2, -0.15) is 0 Å². The molecule has 0 nitrogen and oxygen atoms in total. The van der Waals surface area contributed by atoms with Crippen LogP contribution < -0.4 is 41.5 Å². The van der Waals surface area contributed by atoms with E-state index >= 15 is 0 Å². The molecule has 0 spiro atoms. The minimum atomic E-state index is -2.74. The third-order valence-electron chi connectivity index (χ3n) is 12.5. The first-order chi connectivity index (χ1) is 30.7. The topological polar surface area (TPSA) is 0 Å². The SMILES string of the molecule is c1ccc(-c2cc(-c3cccc([Si](c4ccccc4)(c4ccccc4)c4ccccc4)c3)cc(-c3cccc([Si](c4ccccc4)(c4ccccc4)c4ccccc4)c3)c2)cc1. The van der Waals surface area contributed by atoms with Crippen molar-refractivity contribution >= 4 is 57.6 Å².